The van der Waals surface area contributed by atoms with Crippen LogP contribution in [-0.2, 0) is 26.2 Å². The second-order valence-corrected chi connectivity index (χ2v) is 8.86. The standard InChI is InChI=1S/C3H3P.C3H2P.2Bi.2ClH.Zr.2H/c2*1-3-4-2;;;;;;;/h1-3H;1,3H;;;2*1H;;;/q2*-1;;;;;+4;;/p-2. The van der Waals surface area contributed by atoms with Crippen LogP contribution < -0.4 is 24.8 Å². The van der Waals surface area contributed by atoms with Gasteiger partial charge >= 0.3 is 120 Å². The van der Waals surface area contributed by atoms with Gasteiger partial charge in [0.1, 0.15) is 0 Å². The summed E-state index contributed by atoms with van der Waals surface area (Å²) in [6.45, 7) is 0. The average molecular weight is 721 g/mol. The Bertz CT molecular complexity index is 161. The Morgan fingerprint density at radius 1 is 1.54 bits per heavy atom. The molecule has 0 saturated heterocycles. The normalized spacial score (nSPS) is 12.1. The molecule has 1 rings (SSSR count). The van der Waals surface area contributed by atoms with Crippen LogP contribution in [0.1, 0.15) is 0 Å². The maximum absolute atomic E-state index is 5.05. The minimum absolute atomic E-state index is 0. The van der Waals surface area contributed by atoms with Gasteiger partial charge in [-0.1, -0.05) is 0 Å². The third-order valence-electron chi connectivity index (χ3n) is 0.522. The Kier molecular flexibility index (Phi) is 46.9. The molecule has 1 heterocycles. The van der Waals surface area contributed by atoms with Crippen molar-refractivity contribution >= 4 is 74.2 Å². The van der Waals surface area contributed by atoms with Crippen molar-refractivity contribution < 1.29 is 51.0 Å². The van der Waals surface area contributed by atoms with Crippen molar-refractivity contribution in [3.8, 4) is 0 Å². The molecule has 0 nitrogen and oxygen atoms in total. The average Bonchev–Trinajstić information content (AvgIpc) is 2.44. The summed E-state index contributed by atoms with van der Waals surface area (Å²) in [5, 5.41) is 0. The second-order valence-electron chi connectivity index (χ2n) is 1.17. The smallest absolute Gasteiger partial charge is 1.00 e. The Hall–Kier alpha value is 3.05. The van der Waals surface area contributed by atoms with Crippen molar-refractivity contribution in [2.24, 2.45) is 0 Å². The van der Waals surface area contributed by atoms with Gasteiger partial charge in [0.05, 0.1) is 0 Å². The van der Waals surface area contributed by atoms with Gasteiger partial charge in [0.25, 0.3) is 0 Å². The van der Waals surface area contributed by atoms with E-state index >= 15 is 0 Å². The molecule has 0 saturated carbocycles. The zero-order valence-electron chi connectivity index (χ0n) is 6.54. The number of halogens is 2. The summed E-state index contributed by atoms with van der Waals surface area (Å²) in [6, 6.07) is 0. The van der Waals surface area contributed by atoms with Crippen LogP contribution in [0.2, 0.25) is 0 Å². The van der Waals surface area contributed by atoms with Crippen LogP contribution in [0.5, 0.6) is 0 Å². The van der Waals surface area contributed by atoms with E-state index in [4.69, 9.17) is 6.30 Å². The molecule has 0 N–H and O–H groups in total. The fraction of sp³-hybridized carbons (Fsp3) is 0. The van der Waals surface area contributed by atoms with E-state index in [1.807, 2.05) is 5.82 Å². The summed E-state index contributed by atoms with van der Waals surface area (Å²) in [7, 11) is 2.23. The van der Waals surface area contributed by atoms with E-state index in [2.05, 4.69) is 16.9 Å². The third kappa shape index (κ3) is 25.4. The number of hydrogen-bond acceptors (Lipinski definition) is 0. The van der Waals surface area contributed by atoms with Crippen LogP contribution >= 0.6 is 16.4 Å². The first-order valence-electron chi connectivity index (χ1n) is 2.49. The van der Waals surface area contributed by atoms with Crippen LogP contribution in [0.3, 0.4) is 0 Å². The van der Waals surface area contributed by atoms with Crippen LogP contribution in [0.4, 0.5) is 0 Å². The molecule has 13 heavy (non-hydrogen) atoms. The number of hydrogen-bond donors (Lipinski definition) is 0. The molecule has 1 aliphatic rings. The summed E-state index contributed by atoms with van der Waals surface area (Å²) in [5.41, 5.74) is 0. The molecule has 0 bridgehead atoms. The third-order valence-corrected chi connectivity index (χ3v) is 8.54. The topological polar surface area (TPSA) is 0 Å². The fourth-order valence-electron chi connectivity index (χ4n) is 0.229. The molecule has 0 aliphatic carbocycles. The van der Waals surface area contributed by atoms with Crippen molar-refractivity contribution in [3.05, 3.63) is 19.2 Å². The second kappa shape index (κ2) is 24.3. The molecular weight excluding hydrogens is 714 g/mol. The molecule has 0 aromatic carbocycles. The van der Waals surface area contributed by atoms with Gasteiger partial charge in [0.2, 0.25) is 0 Å². The zero-order valence-corrected chi connectivity index (χ0v) is 20.1. The van der Waals surface area contributed by atoms with Crippen LogP contribution in [-0.4, -0.2) is 57.8 Å². The summed E-state index contributed by atoms with van der Waals surface area (Å²) in [4.78, 5) is 0. The SMILES string of the molecule is [C-]1=PC=[CH][BiH]1.[CH-]=PC=[CH][BiH].[Cl-].[Cl-].[Zr+4]. The monoisotopic (exact) mass is 719 g/mol. The Morgan fingerprint density at radius 2 is 2.15 bits per heavy atom. The van der Waals surface area contributed by atoms with E-state index in [1.54, 1.807) is 0 Å². The van der Waals surface area contributed by atoms with E-state index < -0.39 is 0 Å². The van der Waals surface area contributed by atoms with E-state index in [9.17, 15) is 0 Å². The molecule has 0 atom stereocenters. The van der Waals surface area contributed by atoms with Crippen molar-refractivity contribution in [2.75, 3.05) is 0 Å². The Labute approximate surface area is 142 Å². The predicted octanol–water partition coefficient (Wildman–Crippen LogP) is -4.89. The summed E-state index contributed by atoms with van der Waals surface area (Å²) in [5.74, 6) is 4.12. The minimum atomic E-state index is -0.282. The van der Waals surface area contributed by atoms with Crippen molar-refractivity contribution in [1.82, 2.24) is 0 Å². The summed E-state index contributed by atoms with van der Waals surface area (Å²) >= 11 is 0.849. The molecule has 1 aliphatic heterocycles. The summed E-state index contributed by atoms with van der Waals surface area (Å²) < 4.78 is 7.64. The maximum atomic E-state index is 5.05. The first-order chi connectivity index (χ1) is 4.91. The van der Waals surface area contributed by atoms with Crippen molar-refractivity contribution in [3.63, 3.8) is 0 Å². The van der Waals surface area contributed by atoms with Gasteiger partial charge in [-0.05, 0) is 0 Å². The molecule has 69 valence electrons. The molecule has 0 aromatic rings. The zero-order chi connectivity index (χ0) is 7.66. The first-order valence-corrected chi connectivity index (χ1v) is 10.9. The molecule has 0 fully saturated rings. The van der Waals surface area contributed by atoms with Gasteiger partial charge in [0, 0.05) is 0 Å². The fourth-order valence-corrected chi connectivity index (χ4v) is 6.04. The van der Waals surface area contributed by atoms with Gasteiger partial charge in [0.15, 0.2) is 0 Å². The van der Waals surface area contributed by atoms with E-state index in [0.29, 0.717) is 0 Å². The molecule has 0 unspecified atom stereocenters. The minimum Gasteiger partial charge on any atom is -1.00 e. The van der Waals surface area contributed by atoms with Gasteiger partial charge in [-0.2, -0.15) is 0 Å². The first kappa shape index (κ1) is 25.0. The van der Waals surface area contributed by atoms with Gasteiger partial charge in [-0.15, -0.1) is 0 Å². The van der Waals surface area contributed by atoms with Crippen LogP contribution in [0.25, 0.3) is 0 Å². The van der Waals surface area contributed by atoms with Crippen LogP contribution in [0, 0.1) is 0 Å². The van der Waals surface area contributed by atoms with E-state index in [-0.39, 0.29) is 74.3 Å². The van der Waals surface area contributed by atoms with Gasteiger partial charge < -0.3 is 24.8 Å². The van der Waals surface area contributed by atoms with E-state index in [0.717, 1.165) is 32.9 Å². The van der Waals surface area contributed by atoms with E-state index in [1.165, 1.54) is 8.20 Å². The molecule has 0 amide bonds. The quantitative estimate of drug-likeness (QED) is 0.145. The molecule has 0 spiro atoms. The molecule has 7 heteroatoms. The number of rotatable bonds is 1. The Morgan fingerprint density at radius 3 is 2.23 bits per heavy atom. The summed E-state index contributed by atoms with van der Waals surface area (Å²) in [6.07, 6.45) is 5.05. The van der Waals surface area contributed by atoms with Crippen LogP contribution in [0.15, 0.2) is 19.2 Å². The largest absolute Gasteiger partial charge is 4.00 e. The Balaban J connectivity index is -0.0000000506. The van der Waals surface area contributed by atoms with Gasteiger partial charge in [-0.25, -0.2) is 0 Å². The predicted molar refractivity (Wildman–Crippen MR) is 57.5 cm³/mol. The molecule has 1 radical (unpaired) electrons. The molecular formula is C6H7Bi2Cl2P2Zr. The van der Waals surface area contributed by atoms with Crippen molar-refractivity contribution in [1.29, 1.82) is 0 Å². The van der Waals surface area contributed by atoms with Gasteiger partial charge in [-0.3, -0.25) is 0 Å². The molecule has 0 aromatic heterocycles. The maximum Gasteiger partial charge on any atom is 4.00 e. The van der Waals surface area contributed by atoms with Crippen molar-refractivity contribution in [2.45, 2.75) is 0 Å².